The minimum atomic E-state index is 0.594. The number of hydrogen-bond acceptors (Lipinski definition) is 2. The summed E-state index contributed by atoms with van der Waals surface area (Å²) in [6.07, 6.45) is 2.52. The van der Waals surface area contributed by atoms with Gasteiger partial charge in [-0.2, -0.15) is 0 Å². The second-order valence-electron chi connectivity index (χ2n) is 2.97. The van der Waals surface area contributed by atoms with Gasteiger partial charge in [-0.05, 0) is 20.3 Å². The first-order chi connectivity index (χ1) is 4.68. The number of hydrogen-bond donors (Lipinski definition) is 1. The lowest BCUT2D eigenvalue weighted by atomic mass is 10.3. The molecule has 0 aromatic rings. The van der Waals surface area contributed by atoms with Gasteiger partial charge in [-0.15, -0.1) is 0 Å². The summed E-state index contributed by atoms with van der Waals surface area (Å²) in [6, 6.07) is 0.594. The van der Waals surface area contributed by atoms with Crippen LogP contribution >= 0.6 is 0 Å². The van der Waals surface area contributed by atoms with E-state index in [0.717, 1.165) is 6.54 Å². The Morgan fingerprint density at radius 1 is 1.40 bits per heavy atom. The lowest BCUT2D eigenvalue weighted by molar-refractivity contribution is 0.186. The van der Waals surface area contributed by atoms with E-state index in [4.69, 9.17) is 0 Å². The van der Waals surface area contributed by atoms with Gasteiger partial charge in [-0.25, -0.2) is 5.01 Å². The Labute approximate surface area is 64.6 Å². The molecule has 0 saturated carbocycles. The van der Waals surface area contributed by atoms with Crippen molar-refractivity contribution in [2.75, 3.05) is 13.6 Å². The fourth-order valence-electron chi connectivity index (χ4n) is 0.615. The zero-order chi connectivity index (χ0) is 7.98. The molecule has 0 aliphatic heterocycles. The fraction of sp³-hybridized carbons (Fsp3) is 1.00. The molecule has 2 nitrogen and oxygen atoms in total. The topological polar surface area (TPSA) is 15.3 Å². The van der Waals surface area contributed by atoms with E-state index in [1.165, 1.54) is 12.8 Å². The Kier molecular flexibility index (Phi) is 5.64. The molecule has 0 aromatic heterocycles. The van der Waals surface area contributed by atoms with E-state index < -0.39 is 0 Å². The molecule has 0 rings (SSSR count). The minimum absolute atomic E-state index is 0.594. The Balaban J connectivity index is 3.13. The summed E-state index contributed by atoms with van der Waals surface area (Å²) < 4.78 is 0. The third kappa shape index (κ3) is 4.77. The van der Waals surface area contributed by atoms with Gasteiger partial charge in [0.25, 0.3) is 0 Å². The van der Waals surface area contributed by atoms with Crippen molar-refractivity contribution in [1.82, 2.24) is 10.4 Å². The number of nitrogens with zero attached hydrogens (tertiary/aromatic N) is 1. The Bertz CT molecular complexity index is 71.7. The van der Waals surface area contributed by atoms with Crippen molar-refractivity contribution in [3.63, 3.8) is 0 Å². The first kappa shape index (κ1) is 9.92. The molecule has 0 atom stereocenters. The van der Waals surface area contributed by atoms with E-state index in [1.807, 2.05) is 0 Å². The predicted octanol–water partition coefficient (Wildman–Crippen LogP) is 1.63. The highest BCUT2D eigenvalue weighted by Gasteiger charge is 1.99. The molecule has 0 amide bonds. The number of unbranched alkanes of at least 4 members (excludes halogenated alkanes) is 1. The molecule has 0 unspecified atom stereocenters. The SMILES string of the molecule is CCCCNN(C)C(C)C. The van der Waals surface area contributed by atoms with Crippen molar-refractivity contribution < 1.29 is 0 Å². The van der Waals surface area contributed by atoms with Crippen molar-refractivity contribution in [1.29, 1.82) is 0 Å². The molecule has 0 fully saturated rings. The van der Waals surface area contributed by atoms with Crippen LogP contribution in [0.5, 0.6) is 0 Å². The molecular formula is C8H20N2. The summed E-state index contributed by atoms with van der Waals surface area (Å²) in [5.41, 5.74) is 3.32. The molecule has 10 heavy (non-hydrogen) atoms. The Morgan fingerprint density at radius 2 is 2.00 bits per heavy atom. The molecule has 0 saturated heterocycles. The highest BCUT2D eigenvalue weighted by Crippen LogP contribution is 1.89. The van der Waals surface area contributed by atoms with Gasteiger partial charge in [0.2, 0.25) is 0 Å². The highest BCUT2D eigenvalue weighted by atomic mass is 15.5. The monoisotopic (exact) mass is 144 g/mol. The van der Waals surface area contributed by atoms with Gasteiger partial charge in [0, 0.05) is 19.6 Å². The van der Waals surface area contributed by atoms with E-state index in [9.17, 15) is 0 Å². The molecule has 1 N–H and O–H groups in total. The molecule has 62 valence electrons. The third-order valence-electron chi connectivity index (χ3n) is 1.67. The maximum atomic E-state index is 3.32. The third-order valence-corrected chi connectivity index (χ3v) is 1.67. The maximum absolute atomic E-state index is 3.32. The lowest BCUT2D eigenvalue weighted by Crippen LogP contribution is -2.39. The molecule has 2 heteroatoms. The van der Waals surface area contributed by atoms with Gasteiger partial charge in [0.1, 0.15) is 0 Å². The van der Waals surface area contributed by atoms with Gasteiger partial charge in [0.15, 0.2) is 0 Å². The van der Waals surface area contributed by atoms with E-state index in [2.05, 4.69) is 38.3 Å². The van der Waals surface area contributed by atoms with E-state index in [-0.39, 0.29) is 0 Å². The quantitative estimate of drug-likeness (QED) is 0.466. The van der Waals surface area contributed by atoms with E-state index in [1.54, 1.807) is 0 Å². The molecule has 0 aliphatic carbocycles. The molecule has 0 bridgehead atoms. The Hall–Kier alpha value is -0.0800. The van der Waals surface area contributed by atoms with Crippen LogP contribution in [-0.2, 0) is 0 Å². The van der Waals surface area contributed by atoms with Crippen LogP contribution < -0.4 is 5.43 Å². The zero-order valence-corrected chi connectivity index (χ0v) is 7.65. The standard InChI is InChI=1S/C8H20N2/c1-5-6-7-9-10(4)8(2)3/h8-9H,5-7H2,1-4H3. The summed E-state index contributed by atoms with van der Waals surface area (Å²) >= 11 is 0. The first-order valence-corrected chi connectivity index (χ1v) is 4.14. The molecular weight excluding hydrogens is 124 g/mol. The van der Waals surface area contributed by atoms with Crippen molar-refractivity contribution in [2.45, 2.75) is 39.7 Å². The average molecular weight is 144 g/mol. The van der Waals surface area contributed by atoms with Crippen molar-refractivity contribution >= 4 is 0 Å². The van der Waals surface area contributed by atoms with Crippen molar-refractivity contribution in [3.8, 4) is 0 Å². The smallest absolute Gasteiger partial charge is 0.0183 e. The molecule has 0 heterocycles. The zero-order valence-electron chi connectivity index (χ0n) is 7.65. The second-order valence-corrected chi connectivity index (χ2v) is 2.97. The summed E-state index contributed by atoms with van der Waals surface area (Å²) in [5, 5.41) is 2.15. The molecule has 0 aliphatic rings. The average Bonchev–Trinajstić information content (AvgIpc) is 1.88. The first-order valence-electron chi connectivity index (χ1n) is 4.14. The van der Waals surface area contributed by atoms with Crippen LogP contribution in [-0.4, -0.2) is 24.6 Å². The summed E-state index contributed by atoms with van der Waals surface area (Å²) in [6.45, 7) is 7.67. The number of hydrazine groups is 1. The van der Waals surface area contributed by atoms with Crippen LogP contribution in [0.1, 0.15) is 33.6 Å². The van der Waals surface area contributed by atoms with Gasteiger partial charge in [-0.3, -0.25) is 5.43 Å². The van der Waals surface area contributed by atoms with Gasteiger partial charge >= 0.3 is 0 Å². The van der Waals surface area contributed by atoms with Gasteiger partial charge < -0.3 is 0 Å². The summed E-state index contributed by atoms with van der Waals surface area (Å²) in [4.78, 5) is 0. The normalized spacial score (nSPS) is 11.4. The molecule has 0 radical (unpaired) electrons. The van der Waals surface area contributed by atoms with E-state index in [0.29, 0.717) is 6.04 Å². The van der Waals surface area contributed by atoms with E-state index >= 15 is 0 Å². The maximum Gasteiger partial charge on any atom is 0.0183 e. The lowest BCUT2D eigenvalue weighted by Gasteiger charge is -2.21. The van der Waals surface area contributed by atoms with Crippen LogP contribution in [0, 0.1) is 0 Å². The fourth-order valence-corrected chi connectivity index (χ4v) is 0.615. The van der Waals surface area contributed by atoms with Crippen LogP contribution in [0.25, 0.3) is 0 Å². The van der Waals surface area contributed by atoms with Gasteiger partial charge in [-0.1, -0.05) is 13.3 Å². The Morgan fingerprint density at radius 3 is 2.40 bits per heavy atom. The minimum Gasteiger partial charge on any atom is -0.255 e. The van der Waals surface area contributed by atoms with Crippen LogP contribution in [0.4, 0.5) is 0 Å². The van der Waals surface area contributed by atoms with Crippen LogP contribution in [0.2, 0.25) is 0 Å². The van der Waals surface area contributed by atoms with Gasteiger partial charge in [0.05, 0.1) is 0 Å². The van der Waals surface area contributed by atoms with Crippen LogP contribution in [0.15, 0.2) is 0 Å². The summed E-state index contributed by atoms with van der Waals surface area (Å²) in [7, 11) is 2.08. The van der Waals surface area contributed by atoms with Crippen molar-refractivity contribution in [2.24, 2.45) is 0 Å². The van der Waals surface area contributed by atoms with Crippen LogP contribution in [0.3, 0.4) is 0 Å². The highest BCUT2D eigenvalue weighted by molar-refractivity contribution is 4.50. The number of nitrogens with one attached hydrogen (secondary N) is 1. The van der Waals surface area contributed by atoms with Crippen molar-refractivity contribution in [3.05, 3.63) is 0 Å². The predicted molar refractivity (Wildman–Crippen MR) is 45.8 cm³/mol. The number of rotatable bonds is 5. The molecule has 0 aromatic carbocycles. The largest absolute Gasteiger partial charge is 0.255 e. The molecule has 0 spiro atoms. The summed E-state index contributed by atoms with van der Waals surface area (Å²) in [5.74, 6) is 0. The second kappa shape index (κ2) is 5.69.